The van der Waals surface area contributed by atoms with Gasteiger partial charge in [0.05, 0.1) is 5.92 Å². The molecular weight excluding hydrogens is 291 g/mol. The summed E-state index contributed by atoms with van der Waals surface area (Å²) in [5, 5.41) is 0. The molecule has 0 bridgehead atoms. The van der Waals surface area contributed by atoms with Crippen molar-refractivity contribution in [3.8, 4) is 5.75 Å². The number of hydrogen-bond acceptors (Lipinski definition) is 2. The summed E-state index contributed by atoms with van der Waals surface area (Å²) >= 11 is 0. The first-order valence-electron chi connectivity index (χ1n) is 9.11. The minimum atomic E-state index is -0.323. The van der Waals surface area contributed by atoms with Crippen LogP contribution in [0.15, 0.2) is 18.2 Å². The maximum Gasteiger partial charge on any atom is 0.314 e. The maximum absolute atomic E-state index is 13.5. The van der Waals surface area contributed by atoms with Crippen LogP contribution in [0.3, 0.4) is 0 Å². The smallest absolute Gasteiger partial charge is 0.314 e. The van der Waals surface area contributed by atoms with E-state index in [4.69, 9.17) is 4.74 Å². The van der Waals surface area contributed by atoms with Crippen molar-refractivity contribution in [3.63, 3.8) is 0 Å². The predicted octanol–water partition coefficient (Wildman–Crippen LogP) is 5.43. The normalized spacial score (nSPS) is 26.0. The molecule has 0 N–H and O–H groups in total. The molecule has 0 unspecified atom stereocenters. The minimum absolute atomic E-state index is 0.0146. The van der Waals surface area contributed by atoms with Gasteiger partial charge in [-0.15, -0.1) is 0 Å². The predicted molar refractivity (Wildman–Crippen MR) is 88.8 cm³/mol. The van der Waals surface area contributed by atoms with E-state index in [-0.39, 0.29) is 17.7 Å². The van der Waals surface area contributed by atoms with E-state index in [2.05, 4.69) is 0 Å². The van der Waals surface area contributed by atoms with Crippen molar-refractivity contribution in [3.05, 3.63) is 29.6 Å². The Hall–Kier alpha value is -1.38. The lowest BCUT2D eigenvalue weighted by Gasteiger charge is -2.35. The van der Waals surface area contributed by atoms with Gasteiger partial charge in [-0.25, -0.2) is 4.39 Å². The molecule has 23 heavy (non-hydrogen) atoms. The Bertz CT molecular complexity index is 541. The molecule has 126 valence electrons. The SMILES string of the molecule is Cc1ccc(OC(=O)C2CCC(C3CCCCC3)CC2)cc1F. The maximum atomic E-state index is 13.5. The number of carbonyl (C=O) groups is 1. The van der Waals surface area contributed by atoms with Gasteiger partial charge in [0.15, 0.2) is 0 Å². The van der Waals surface area contributed by atoms with Gasteiger partial charge in [0.2, 0.25) is 0 Å². The summed E-state index contributed by atoms with van der Waals surface area (Å²) in [7, 11) is 0. The van der Waals surface area contributed by atoms with Crippen LogP contribution in [0.25, 0.3) is 0 Å². The molecule has 0 radical (unpaired) electrons. The number of rotatable bonds is 3. The number of carbonyl (C=O) groups excluding carboxylic acids is 1. The van der Waals surface area contributed by atoms with Crippen LogP contribution in [0.4, 0.5) is 4.39 Å². The Morgan fingerprint density at radius 2 is 1.65 bits per heavy atom. The highest BCUT2D eigenvalue weighted by molar-refractivity contribution is 5.75. The summed E-state index contributed by atoms with van der Waals surface area (Å²) in [5.74, 6) is 1.49. The highest BCUT2D eigenvalue weighted by Crippen LogP contribution is 2.40. The molecule has 2 aliphatic rings. The molecule has 0 amide bonds. The molecule has 0 saturated heterocycles. The molecule has 2 aliphatic carbocycles. The monoisotopic (exact) mass is 318 g/mol. The second-order valence-corrected chi connectivity index (χ2v) is 7.34. The number of benzene rings is 1. The topological polar surface area (TPSA) is 26.3 Å². The first-order chi connectivity index (χ1) is 11.1. The molecular formula is C20H27FO2. The van der Waals surface area contributed by atoms with Gasteiger partial charge >= 0.3 is 5.97 Å². The zero-order chi connectivity index (χ0) is 16.2. The Kier molecular flexibility index (Phi) is 5.34. The highest BCUT2D eigenvalue weighted by atomic mass is 19.1. The van der Waals surface area contributed by atoms with Gasteiger partial charge in [-0.05, 0) is 56.1 Å². The molecule has 0 atom stereocenters. The Labute approximate surface area is 138 Å². The fourth-order valence-corrected chi connectivity index (χ4v) is 4.27. The van der Waals surface area contributed by atoms with E-state index >= 15 is 0 Å². The third-order valence-electron chi connectivity index (χ3n) is 5.78. The number of ether oxygens (including phenoxy) is 1. The molecule has 2 saturated carbocycles. The summed E-state index contributed by atoms with van der Waals surface area (Å²) in [6.07, 6.45) is 11.1. The average Bonchev–Trinajstić information content (AvgIpc) is 2.59. The van der Waals surface area contributed by atoms with E-state index in [1.807, 2.05) is 0 Å². The van der Waals surface area contributed by atoms with E-state index in [0.29, 0.717) is 11.3 Å². The van der Waals surface area contributed by atoms with Crippen molar-refractivity contribution in [1.82, 2.24) is 0 Å². The van der Waals surface area contributed by atoms with Gasteiger partial charge < -0.3 is 4.74 Å². The van der Waals surface area contributed by atoms with Gasteiger partial charge in [0.25, 0.3) is 0 Å². The van der Waals surface area contributed by atoms with Crippen LogP contribution in [0.1, 0.15) is 63.4 Å². The van der Waals surface area contributed by atoms with Gasteiger partial charge in [0, 0.05) is 6.07 Å². The lowest BCUT2D eigenvalue weighted by Crippen LogP contribution is -2.29. The van der Waals surface area contributed by atoms with E-state index in [1.165, 1.54) is 38.2 Å². The van der Waals surface area contributed by atoms with E-state index < -0.39 is 0 Å². The fourth-order valence-electron chi connectivity index (χ4n) is 4.27. The van der Waals surface area contributed by atoms with Gasteiger partial charge in [-0.1, -0.05) is 38.2 Å². The Balaban J connectivity index is 1.50. The van der Waals surface area contributed by atoms with Crippen LogP contribution in [0.2, 0.25) is 0 Å². The molecule has 0 spiro atoms. The summed E-state index contributed by atoms with van der Waals surface area (Å²) in [5.41, 5.74) is 0.567. The number of aryl methyl sites for hydroxylation is 1. The van der Waals surface area contributed by atoms with Crippen molar-refractivity contribution in [2.75, 3.05) is 0 Å². The molecule has 1 aromatic rings. The van der Waals surface area contributed by atoms with Crippen LogP contribution in [-0.4, -0.2) is 5.97 Å². The largest absolute Gasteiger partial charge is 0.426 e. The molecule has 1 aromatic carbocycles. The molecule has 2 nitrogen and oxygen atoms in total. The van der Waals surface area contributed by atoms with Crippen LogP contribution in [0.5, 0.6) is 5.75 Å². The van der Waals surface area contributed by atoms with E-state index in [1.54, 1.807) is 19.1 Å². The van der Waals surface area contributed by atoms with Crippen molar-refractivity contribution < 1.29 is 13.9 Å². The van der Waals surface area contributed by atoms with Crippen molar-refractivity contribution in [1.29, 1.82) is 0 Å². The van der Waals surface area contributed by atoms with Crippen molar-refractivity contribution in [2.45, 2.75) is 64.7 Å². The van der Waals surface area contributed by atoms with Crippen LogP contribution in [-0.2, 0) is 4.79 Å². The minimum Gasteiger partial charge on any atom is -0.426 e. The first kappa shape index (κ1) is 16.5. The van der Waals surface area contributed by atoms with Gasteiger partial charge in [-0.3, -0.25) is 4.79 Å². The van der Waals surface area contributed by atoms with E-state index in [9.17, 15) is 9.18 Å². The summed E-state index contributed by atoms with van der Waals surface area (Å²) in [6, 6.07) is 4.63. The van der Waals surface area contributed by atoms with Crippen LogP contribution < -0.4 is 4.74 Å². The molecule has 2 fully saturated rings. The second-order valence-electron chi connectivity index (χ2n) is 7.34. The lowest BCUT2D eigenvalue weighted by atomic mass is 9.71. The van der Waals surface area contributed by atoms with Crippen molar-refractivity contribution in [2.24, 2.45) is 17.8 Å². The van der Waals surface area contributed by atoms with Gasteiger partial charge in [0.1, 0.15) is 11.6 Å². The first-order valence-corrected chi connectivity index (χ1v) is 9.11. The molecule has 0 aromatic heterocycles. The van der Waals surface area contributed by atoms with Crippen molar-refractivity contribution >= 4 is 5.97 Å². The standard InChI is InChI=1S/C20H27FO2/c1-14-7-12-18(13-19(14)21)23-20(22)17-10-8-16(9-11-17)15-5-3-2-4-6-15/h7,12-13,15-17H,2-6,8-11H2,1H3. The Morgan fingerprint density at radius 3 is 2.30 bits per heavy atom. The molecule has 0 aliphatic heterocycles. The number of hydrogen-bond donors (Lipinski definition) is 0. The zero-order valence-corrected chi connectivity index (χ0v) is 14.0. The number of halogens is 1. The fraction of sp³-hybridized carbons (Fsp3) is 0.650. The quantitative estimate of drug-likeness (QED) is 0.549. The summed E-state index contributed by atoms with van der Waals surface area (Å²) in [6.45, 7) is 1.70. The molecule has 0 heterocycles. The third-order valence-corrected chi connectivity index (χ3v) is 5.78. The molecule has 3 rings (SSSR count). The van der Waals surface area contributed by atoms with Gasteiger partial charge in [-0.2, -0.15) is 0 Å². The zero-order valence-electron chi connectivity index (χ0n) is 14.0. The van der Waals surface area contributed by atoms with Crippen LogP contribution >= 0.6 is 0 Å². The van der Waals surface area contributed by atoms with Crippen LogP contribution in [0, 0.1) is 30.5 Å². The second kappa shape index (κ2) is 7.46. The highest BCUT2D eigenvalue weighted by Gasteiger charge is 2.32. The summed E-state index contributed by atoms with van der Waals surface area (Å²) < 4.78 is 18.9. The lowest BCUT2D eigenvalue weighted by molar-refractivity contribution is -0.140. The number of esters is 1. The summed E-state index contributed by atoms with van der Waals surface area (Å²) in [4.78, 5) is 12.3. The Morgan fingerprint density at radius 1 is 1.00 bits per heavy atom. The van der Waals surface area contributed by atoms with E-state index in [0.717, 1.165) is 37.5 Å². The average molecular weight is 318 g/mol. The third kappa shape index (κ3) is 4.13. The molecule has 3 heteroatoms.